The van der Waals surface area contributed by atoms with E-state index in [1.54, 1.807) is 13.2 Å². The monoisotopic (exact) mass is 507 g/mol. The van der Waals surface area contributed by atoms with Crippen LogP contribution in [0.3, 0.4) is 0 Å². The molecule has 35 heavy (non-hydrogen) atoms. The van der Waals surface area contributed by atoms with E-state index in [1.165, 1.54) is 18.9 Å². The van der Waals surface area contributed by atoms with Gasteiger partial charge in [-0.1, -0.05) is 42.1 Å². The first kappa shape index (κ1) is 23.1. The number of H-pyrrole nitrogens is 1. The lowest BCUT2D eigenvalue weighted by Gasteiger charge is -2.10. The Bertz CT molecular complexity index is 1580. The second-order valence-electron chi connectivity index (χ2n) is 7.80. The minimum absolute atomic E-state index is 0.282. The number of aryl methyl sites for hydroxylation is 2. The van der Waals surface area contributed by atoms with E-state index in [0.717, 1.165) is 28.2 Å². The van der Waals surface area contributed by atoms with Crippen LogP contribution in [0.15, 0.2) is 57.0 Å². The molecule has 9 nitrogen and oxygen atoms in total. The number of nitrogens with one attached hydrogen (secondary N) is 1. The van der Waals surface area contributed by atoms with Gasteiger partial charge in [-0.05, 0) is 31.0 Å². The second-order valence-corrected chi connectivity index (χ2v) is 9.74. The molecular weight excluding hydrogens is 486 g/mol. The van der Waals surface area contributed by atoms with Crippen molar-refractivity contribution in [2.45, 2.75) is 31.3 Å². The number of methoxy groups -OCH3 is 1. The van der Waals surface area contributed by atoms with Gasteiger partial charge in [0.05, 0.1) is 36.6 Å². The van der Waals surface area contributed by atoms with Crippen molar-refractivity contribution < 1.29 is 13.9 Å². The average Bonchev–Trinajstić information content (AvgIpc) is 3.55. The van der Waals surface area contributed by atoms with Crippen LogP contribution in [0.25, 0.3) is 21.6 Å². The number of furan rings is 1. The van der Waals surface area contributed by atoms with E-state index in [2.05, 4.69) is 20.2 Å². The number of carbonyl (C=O) groups excluding carboxylic acids is 1. The van der Waals surface area contributed by atoms with Crippen LogP contribution >= 0.6 is 23.1 Å². The first-order chi connectivity index (χ1) is 17.0. The van der Waals surface area contributed by atoms with Crippen LogP contribution in [0.1, 0.15) is 32.4 Å². The van der Waals surface area contributed by atoms with Gasteiger partial charge < -0.3 is 14.1 Å². The summed E-state index contributed by atoms with van der Waals surface area (Å²) in [6.45, 7) is 4.19. The summed E-state index contributed by atoms with van der Waals surface area (Å²) < 4.78 is 12.3. The number of ether oxygens (including phenoxy) is 1. The zero-order valence-electron chi connectivity index (χ0n) is 19.2. The molecule has 4 heterocycles. The van der Waals surface area contributed by atoms with Crippen molar-refractivity contribution in [3.8, 4) is 11.4 Å². The normalized spacial score (nSPS) is 11.3. The molecule has 0 aliphatic rings. The van der Waals surface area contributed by atoms with Crippen LogP contribution in [0.4, 0.5) is 0 Å². The van der Waals surface area contributed by atoms with Gasteiger partial charge in [-0.2, -0.15) is 0 Å². The van der Waals surface area contributed by atoms with E-state index in [1.807, 2.05) is 47.9 Å². The molecule has 5 aromatic rings. The molecule has 1 aromatic carbocycles. The highest BCUT2D eigenvalue weighted by Crippen LogP contribution is 2.31. The molecular formula is C24H21N5O4S2. The van der Waals surface area contributed by atoms with Gasteiger partial charge in [-0.3, -0.25) is 9.36 Å². The predicted molar refractivity (Wildman–Crippen MR) is 134 cm³/mol. The van der Waals surface area contributed by atoms with E-state index < -0.39 is 5.97 Å². The maximum atomic E-state index is 12.8. The van der Waals surface area contributed by atoms with Crippen molar-refractivity contribution in [2.24, 2.45) is 0 Å². The Morgan fingerprint density at radius 1 is 1.20 bits per heavy atom. The summed E-state index contributed by atoms with van der Waals surface area (Å²) in [5, 5.41) is 9.94. The van der Waals surface area contributed by atoms with Crippen molar-refractivity contribution in [3.05, 3.63) is 80.6 Å². The zero-order valence-corrected chi connectivity index (χ0v) is 20.8. The number of rotatable bonds is 7. The highest BCUT2D eigenvalue weighted by molar-refractivity contribution is 7.98. The van der Waals surface area contributed by atoms with E-state index in [9.17, 15) is 9.59 Å². The molecule has 178 valence electrons. The summed E-state index contributed by atoms with van der Waals surface area (Å²) in [4.78, 5) is 33.1. The number of aromatic nitrogens is 5. The molecule has 0 atom stereocenters. The van der Waals surface area contributed by atoms with Crippen LogP contribution in [0, 0.1) is 13.8 Å². The number of thioether (sulfide) groups is 1. The maximum Gasteiger partial charge on any atom is 0.348 e. The Morgan fingerprint density at radius 2 is 2.00 bits per heavy atom. The van der Waals surface area contributed by atoms with Crippen LogP contribution in [0.5, 0.6) is 0 Å². The molecule has 0 spiro atoms. The first-order valence-electron chi connectivity index (χ1n) is 10.7. The molecule has 0 saturated heterocycles. The van der Waals surface area contributed by atoms with Gasteiger partial charge in [0, 0.05) is 0 Å². The standard InChI is InChI=1S/C24H21N5O4S2/c1-13-18-21(30)25-17(26-22(18)35-19(13)23(31)32-3)12-34-24-28-27-20(16-9-10-33-14(16)2)29(24)11-15-7-5-4-6-8-15/h4-10H,11-12H2,1-3H3,(H,25,26,30). The van der Waals surface area contributed by atoms with Gasteiger partial charge in [0.2, 0.25) is 0 Å². The lowest BCUT2D eigenvalue weighted by atomic mass is 10.2. The lowest BCUT2D eigenvalue weighted by molar-refractivity contribution is 0.0605. The Kier molecular flexibility index (Phi) is 6.27. The van der Waals surface area contributed by atoms with Gasteiger partial charge in [0.15, 0.2) is 11.0 Å². The molecule has 4 aromatic heterocycles. The van der Waals surface area contributed by atoms with Gasteiger partial charge in [-0.15, -0.1) is 21.5 Å². The maximum absolute atomic E-state index is 12.8. The van der Waals surface area contributed by atoms with Crippen LogP contribution in [-0.2, 0) is 17.0 Å². The number of esters is 1. The summed E-state index contributed by atoms with van der Waals surface area (Å²) in [5.74, 6) is 1.84. The number of aromatic amines is 1. The van der Waals surface area contributed by atoms with E-state index >= 15 is 0 Å². The third kappa shape index (κ3) is 4.40. The molecule has 0 amide bonds. The van der Waals surface area contributed by atoms with Crippen molar-refractivity contribution in [3.63, 3.8) is 0 Å². The van der Waals surface area contributed by atoms with Gasteiger partial charge in [0.25, 0.3) is 5.56 Å². The zero-order chi connectivity index (χ0) is 24.5. The fourth-order valence-electron chi connectivity index (χ4n) is 3.80. The Morgan fingerprint density at radius 3 is 2.71 bits per heavy atom. The molecule has 0 aliphatic carbocycles. The van der Waals surface area contributed by atoms with Crippen LogP contribution in [-0.4, -0.2) is 37.8 Å². The molecule has 5 rings (SSSR count). The van der Waals surface area contributed by atoms with Crippen LogP contribution in [0.2, 0.25) is 0 Å². The molecule has 0 unspecified atom stereocenters. The quantitative estimate of drug-likeness (QED) is 0.251. The molecule has 1 N–H and O–H groups in total. The van der Waals surface area contributed by atoms with Gasteiger partial charge >= 0.3 is 5.97 Å². The van der Waals surface area contributed by atoms with Crippen molar-refractivity contribution in [1.82, 2.24) is 24.7 Å². The minimum atomic E-state index is -0.475. The molecule has 0 bridgehead atoms. The number of fused-ring (bicyclic) bond motifs is 1. The summed E-state index contributed by atoms with van der Waals surface area (Å²) >= 11 is 2.58. The summed E-state index contributed by atoms with van der Waals surface area (Å²) in [7, 11) is 1.32. The third-order valence-corrected chi connectivity index (χ3v) is 7.70. The van der Waals surface area contributed by atoms with Crippen molar-refractivity contribution >= 4 is 39.3 Å². The number of thiophene rings is 1. The van der Waals surface area contributed by atoms with E-state index in [-0.39, 0.29) is 5.56 Å². The summed E-state index contributed by atoms with van der Waals surface area (Å²) in [5.41, 5.74) is 2.27. The molecule has 11 heteroatoms. The fourth-order valence-corrected chi connectivity index (χ4v) is 5.72. The van der Waals surface area contributed by atoms with Gasteiger partial charge in [-0.25, -0.2) is 9.78 Å². The Hall–Kier alpha value is -3.70. The minimum Gasteiger partial charge on any atom is -0.469 e. The molecule has 0 aliphatic heterocycles. The first-order valence-corrected chi connectivity index (χ1v) is 12.5. The molecule has 0 fully saturated rings. The fraction of sp³-hybridized carbons (Fsp3) is 0.208. The second kappa shape index (κ2) is 9.51. The van der Waals surface area contributed by atoms with Crippen molar-refractivity contribution in [2.75, 3.05) is 7.11 Å². The number of hydrogen-bond acceptors (Lipinski definition) is 9. The van der Waals surface area contributed by atoms with Gasteiger partial charge in [0.1, 0.15) is 21.3 Å². The Balaban J connectivity index is 1.47. The smallest absolute Gasteiger partial charge is 0.348 e. The number of nitrogens with zero attached hydrogens (tertiary/aromatic N) is 4. The summed E-state index contributed by atoms with van der Waals surface area (Å²) in [6, 6.07) is 11.9. The van der Waals surface area contributed by atoms with Crippen LogP contribution < -0.4 is 5.56 Å². The Labute approximate surface area is 208 Å². The molecule has 0 saturated carbocycles. The highest BCUT2D eigenvalue weighted by Gasteiger charge is 2.21. The van der Waals surface area contributed by atoms with E-state index in [4.69, 9.17) is 9.15 Å². The number of benzene rings is 1. The van der Waals surface area contributed by atoms with E-state index in [0.29, 0.717) is 49.8 Å². The molecule has 0 radical (unpaired) electrons. The number of hydrogen-bond donors (Lipinski definition) is 1. The number of carbonyl (C=O) groups is 1. The lowest BCUT2D eigenvalue weighted by Crippen LogP contribution is -2.11. The SMILES string of the molecule is COC(=O)c1sc2nc(CSc3nnc(-c4ccoc4C)n3Cc3ccccc3)[nH]c(=O)c2c1C. The third-order valence-electron chi connectivity index (χ3n) is 5.56. The highest BCUT2D eigenvalue weighted by atomic mass is 32.2. The van der Waals surface area contributed by atoms with Crippen molar-refractivity contribution in [1.29, 1.82) is 0 Å². The predicted octanol–water partition coefficient (Wildman–Crippen LogP) is 4.58. The largest absolute Gasteiger partial charge is 0.469 e. The summed E-state index contributed by atoms with van der Waals surface area (Å²) in [6.07, 6.45) is 1.63. The average molecular weight is 508 g/mol. The topological polar surface area (TPSA) is 116 Å².